The highest BCUT2D eigenvalue weighted by atomic mass is 32.2. The van der Waals surface area contributed by atoms with Crippen LogP contribution in [0, 0.1) is 16.6 Å². The highest BCUT2D eigenvalue weighted by Gasteiger charge is 2.40. The van der Waals surface area contributed by atoms with Crippen molar-refractivity contribution in [2.75, 3.05) is 0 Å². The van der Waals surface area contributed by atoms with Gasteiger partial charge in [-0.1, -0.05) is 39.8 Å². The molecular formula is C16H24FNO2S. The van der Waals surface area contributed by atoms with Crippen molar-refractivity contribution in [2.24, 2.45) is 10.8 Å². The van der Waals surface area contributed by atoms with E-state index in [-0.39, 0.29) is 21.8 Å². The van der Waals surface area contributed by atoms with Gasteiger partial charge in [-0.3, -0.25) is 0 Å². The molecule has 0 saturated heterocycles. The van der Waals surface area contributed by atoms with Crippen LogP contribution in [0.2, 0.25) is 0 Å². The first-order chi connectivity index (χ1) is 9.51. The first kappa shape index (κ1) is 16.4. The number of hydrogen-bond donors (Lipinski definition) is 1. The highest BCUT2D eigenvalue weighted by Crippen LogP contribution is 2.45. The van der Waals surface area contributed by atoms with E-state index in [1.54, 1.807) is 0 Å². The minimum absolute atomic E-state index is 0.0736. The van der Waals surface area contributed by atoms with Crippen LogP contribution in [0.5, 0.6) is 0 Å². The Morgan fingerprint density at radius 1 is 1.10 bits per heavy atom. The van der Waals surface area contributed by atoms with Crippen molar-refractivity contribution in [3.8, 4) is 0 Å². The fraction of sp³-hybridized carbons (Fsp3) is 0.625. The second kappa shape index (κ2) is 5.36. The molecule has 0 amide bonds. The maximum absolute atomic E-state index is 13.7. The Balaban J connectivity index is 2.23. The minimum Gasteiger partial charge on any atom is -0.208 e. The normalized spacial score (nSPS) is 22.1. The first-order valence-corrected chi connectivity index (χ1v) is 8.76. The third-order valence-corrected chi connectivity index (χ3v) is 5.56. The van der Waals surface area contributed by atoms with Gasteiger partial charge < -0.3 is 0 Å². The molecule has 0 atom stereocenters. The second-order valence-electron chi connectivity index (χ2n) is 7.66. The summed E-state index contributed by atoms with van der Waals surface area (Å²) in [7, 11) is -3.82. The number of rotatable bonds is 3. The second-order valence-corrected chi connectivity index (χ2v) is 9.34. The fourth-order valence-corrected chi connectivity index (χ4v) is 5.19. The molecule has 0 spiro atoms. The lowest BCUT2D eigenvalue weighted by Gasteiger charge is -2.45. The smallest absolute Gasteiger partial charge is 0.208 e. The lowest BCUT2D eigenvalue weighted by atomic mass is 9.64. The molecule has 2 rings (SSSR count). The van der Waals surface area contributed by atoms with Crippen molar-refractivity contribution in [1.29, 1.82) is 0 Å². The van der Waals surface area contributed by atoms with Gasteiger partial charge in [0.2, 0.25) is 10.0 Å². The zero-order valence-electron chi connectivity index (χ0n) is 13.1. The van der Waals surface area contributed by atoms with E-state index in [1.165, 1.54) is 24.3 Å². The molecule has 118 valence electrons. The average Bonchev–Trinajstić information content (AvgIpc) is 2.23. The van der Waals surface area contributed by atoms with E-state index < -0.39 is 15.8 Å². The Bertz CT molecular complexity index is 607. The van der Waals surface area contributed by atoms with Gasteiger partial charge in [0.15, 0.2) is 0 Å². The van der Waals surface area contributed by atoms with Crippen molar-refractivity contribution in [3.63, 3.8) is 0 Å². The largest absolute Gasteiger partial charge is 0.243 e. The van der Waals surface area contributed by atoms with Crippen molar-refractivity contribution in [3.05, 3.63) is 30.1 Å². The van der Waals surface area contributed by atoms with Gasteiger partial charge in [0, 0.05) is 6.04 Å². The van der Waals surface area contributed by atoms with Crippen LogP contribution in [0.25, 0.3) is 0 Å². The predicted molar refractivity (Wildman–Crippen MR) is 81.9 cm³/mol. The van der Waals surface area contributed by atoms with Crippen LogP contribution in [0.1, 0.15) is 47.0 Å². The molecule has 5 heteroatoms. The molecular weight excluding hydrogens is 289 g/mol. The molecule has 0 heterocycles. The number of nitrogens with one attached hydrogen (secondary N) is 1. The fourth-order valence-electron chi connectivity index (χ4n) is 3.87. The summed E-state index contributed by atoms with van der Waals surface area (Å²) in [5.41, 5.74) is 0.147. The van der Waals surface area contributed by atoms with E-state index >= 15 is 0 Å². The first-order valence-electron chi connectivity index (χ1n) is 7.28. The SMILES string of the molecule is CC1(C)CC(NS(=O)(=O)c2ccccc2F)CC(C)(C)C1. The molecule has 1 aromatic rings. The standard InChI is InChI=1S/C16H24FNO2S/c1-15(2)9-12(10-16(3,4)11-15)18-21(19,20)14-8-6-5-7-13(14)17/h5-8,12,18H,9-11H2,1-4H3. The van der Waals surface area contributed by atoms with Crippen molar-refractivity contribution >= 4 is 10.0 Å². The van der Waals surface area contributed by atoms with Crippen molar-refractivity contribution in [2.45, 2.75) is 57.9 Å². The van der Waals surface area contributed by atoms with Crippen LogP contribution in [0.15, 0.2) is 29.2 Å². The number of hydrogen-bond acceptors (Lipinski definition) is 2. The summed E-state index contributed by atoms with van der Waals surface area (Å²) in [4.78, 5) is -0.272. The number of benzene rings is 1. The summed E-state index contributed by atoms with van der Waals surface area (Å²) in [6, 6.07) is 5.33. The third-order valence-electron chi connectivity index (χ3n) is 4.00. The van der Waals surface area contributed by atoms with Gasteiger partial charge in [-0.2, -0.15) is 0 Å². The maximum atomic E-state index is 13.7. The summed E-state index contributed by atoms with van der Waals surface area (Å²) in [6.07, 6.45) is 2.59. The summed E-state index contributed by atoms with van der Waals surface area (Å²) in [5.74, 6) is -0.709. The van der Waals surface area contributed by atoms with Crippen LogP contribution in [0.4, 0.5) is 4.39 Å². The van der Waals surface area contributed by atoms with E-state index in [4.69, 9.17) is 0 Å². The van der Waals surface area contributed by atoms with E-state index in [1.807, 2.05) is 0 Å². The molecule has 1 aliphatic carbocycles. The van der Waals surface area contributed by atoms with E-state index in [0.717, 1.165) is 19.3 Å². The Labute approximate surface area is 127 Å². The van der Waals surface area contributed by atoms with Crippen LogP contribution >= 0.6 is 0 Å². The zero-order chi connectivity index (χ0) is 15.9. The van der Waals surface area contributed by atoms with Crippen LogP contribution < -0.4 is 4.72 Å². The molecule has 0 radical (unpaired) electrons. The number of halogens is 1. The van der Waals surface area contributed by atoms with Gasteiger partial charge in [0.1, 0.15) is 10.7 Å². The van der Waals surface area contributed by atoms with E-state index in [2.05, 4.69) is 32.4 Å². The summed E-state index contributed by atoms with van der Waals surface area (Å²) >= 11 is 0. The summed E-state index contributed by atoms with van der Waals surface area (Å²) in [5, 5.41) is 0. The molecule has 1 N–H and O–H groups in total. The quantitative estimate of drug-likeness (QED) is 0.924. The van der Waals surface area contributed by atoms with Crippen molar-refractivity contribution < 1.29 is 12.8 Å². The van der Waals surface area contributed by atoms with Crippen molar-refractivity contribution in [1.82, 2.24) is 4.72 Å². The zero-order valence-corrected chi connectivity index (χ0v) is 13.9. The van der Waals surface area contributed by atoms with Gasteiger partial charge in [-0.05, 0) is 42.2 Å². The molecule has 0 aliphatic heterocycles. The van der Waals surface area contributed by atoms with Crippen LogP contribution in [-0.4, -0.2) is 14.5 Å². The van der Waals surface area contributed by atoms with Gasteiger partial charge in [0.25, 0.3) is 0 Å². The molecule has 1 saturated carbocycles. The Morgan fingerprint density at radius 3 is 2.14 bits per heavy atom. The molecule has 1 fully saturated rings. The predicted octanol–water partition coefficient (Wildman–Crippen LogP) is 3.71. The Morgan fingerprint density at radius 2 is 1.62 bits per heavy atom. The van der Waals surface area contributed by atoms with Gasteiger partial charge in [-0.25, -0.2) is 17.5 Å². The molecule has 0 bridgehead atoms. The molecule has 1 aliphatic rings. The lowest BCUT2D eigenvalue weighted by molar-refractivity contribution is 0.0934. The van der Waals surface area contributed by atoms with Gasteiger partial charge in [-0.15, -0.1) is 0 Å². The lowest BCUT2D eigenvalue weighted by Crippen LogP contribution is -2.46. The minimum atomic E-state index is -3.82. The van der Waals surface area contributed by atoms with E-state index in [0.29, 0.717) is 0 Å². The maximum Gasteiger partial charge on any atom is 0.243 e. The van der Waals surface area contributed by atoms with Gasteiger partial charge >= 0.3 is 0 Å². The van der Waals surface area contributed by atoms with E-state index in [9.17, 15) is 12.8 Å². The third kappa shape index (κ3) is 4.04. The molecule has 21 heavy (non-hydrogen) atoms. The molecule has 3 nitrogen and oxygen atoms in total. The highest BCUT2D eigenvalue weighted by molar-refractivity contribution is 7.89. The number of sulfonamides is 1. The average molecular weight is 313 g/mol. The van der Waals surface area contributed by atoms with Gasteiger partial charge in [0.05, 0.1) is 0 Å². The summed E-state index contributed by atoms with van der Waals surface area (Å²) in [6.45, 7) is 8.60. The molecule has 0 aromatic heterocycles. The molecule has 1 aromatic carbocycles. The van der Waals surface area contributed by atoms with Crippen LogP contribution in [0.3, 0.4) is 0 Å². The summed E-state index contributed by atoms with van der Waals surface area (Å²) < 4.78 is 41.2. The van der Waals surface area contributed by atoms with Crippen LogP contribution in [-0.2, 0) is 10.0 Å². The monoisotopic (exact) mass is 313 g/mol. The Kier molecular flexibility index (Phi) is 4.19. The molecule has 0 unspecified atom stereocenters. The topological polar surface area (TPSA) is 46.2 Å². The Hall–Kier alpha value is -0.940.